The van der Waals surface area contributed by atoms with Gasteiger partial charge < -0.3 is 5.73 Å². The van der Waals surface area contributed by atoms with Crippen LogP contribution in [0.4, 0.5) is 5.13 Å². The van der Waals surface area contributed by atoms with Gasteiger partial charge in [0.1, 0.15) is 16.6 Å². The minimum atomic E-state index is 0.273. The van der Waals surface area contributed by atoms with Gasteiger partial charge in [0, 0.05) is 5.38 Å². The molecule has 0 saturated heterocycles. The summed E-state index contributed by atoms with van der Waals surface area (Å²) in [5.41, 5.74) is 6.61. The van der Waals surface area contributed by atoms with Gasteiger partial charge in [0.2, 0.25) is 0 Å². The summed E-state index contributed by atoms with van der Waals surface area (Å²) in [4.78, 5) is 11.7. The third-order valence-electron chi connectivity index (χ3n) is 1.53. The lowest BCUT2D eigenvalue weighted by Crippen LogP contribution is -1.89. The van der Waals surface area contributed by atoms with Crippen LogP contribution in [0.1, 0.15) is 0 Å². The van der Waals surface area contributed by atoms with Crippen molar-refractivity contribution in [3.05, 3.63) is 22.0 Å². The molecule has 0 aliphatic heterocycles. The maximum absolute atomic E-state index is 5.86. The normalized spacial score (nSPS) is 10.4. The van der Waals surface area contributed by atoms with Gasteiger partial charge in [-0.2, -0.15) is 0 Å². The highest BCUT2D eigenvalue weighted by atomic mass is 35.5. The van der Waals surface area contributed by atoms with E-state index in [1.165, 1.54) is 17.7 Å². The van der Waals surface area contributed by atoms with Gasteiger partial charge in [0.25, 0.3) is 0 Å². The van der Waals surface area contributed by atoms with Gasteiger partial charge in [-0.25, -0.2) is 15.0 Å². The van der Waals surface area contributed by atoms with Gasteiger partial charge in [-0.1, -0.05) is 23.2 Å². The zero-order valence-electron chi connectivity index (χ0n) is 6.74. The quantitative estimate of drug-likeness (QED) is 0.786. The Balaban J connectivity index is 2.61. The van der Waals surface area contributed by atoms with Crippen LogP contribution in [0, 0.1) is 0 Å². The van der Waals surface area contributed by atoms with Crippen molar-refractivity contribution >= 4 is 39.7 Å². The van der Waals surface area contributed by atoms with Gasteiger partial charge in [-0.3, -0.25) is 0 Å². The van der Waals surface area contributed by atoms with E-state index in [4.69, 9.17) is 28.9 Å². The highest BCUT2D eigenvalue weighted by Crippen LogP contribution is 2.32. The van der Waals surface area contributed by atoms with Gasteiger partial charge in [0.05, 0.1) is 11.3 Å². The fourth-order valence-corrected chi connectivity index (χ4v) is 2.02. The number of anilines is 1. The van der Waals surface area contributed by atoms with Crippen LogP contribution in [0.5, 0.6) is 0 Å². The minimum Gasteiger partial charge on any atom is -0.375 e. The molecule has 0 aromatic carbocycles. The van der Waals surface area contributed by atoms with E-state index in [1.54, 1.807) is 5.38 Å². The van der Waals surface area contributed by atoms with Crippen LogP contribution in [0.2, 0.25) is 10.3 Å². The molecule has 0 aliphatic rings. The monoisotopic (exact) mass is 246 g/mol. The van der Waals surface area contributed by atoms with Crippen LogP contribution in [0.15, 0.2) is 11.7 Å². The van der Waals surface area contributed by atoms with Crippen LogP contribution < -0.4 is 5.73 Å². The van der Waals surface area contributed by atoms with Crippen LogP contribution in [-0.4, -0.2) is 15.0 Å². The lowest BCUT2D eigenvalue weighted by Gasteiger charge is -2.00. The number of hydrogen-bond acceptors (Lipinski definition) is 5. The standard InChI is InChI=1S/C7H4Cl2N4S/c8-5-4(6(9)12-2-11-5)3-1-14-7(10)13-3/h1-2H,(H2,10,13). The number of hydrogen-bond donors (Lipinski definition) is 1. The summed E-state index contributed by atoms with van der Waals surface area (Å²) in [6, 6.07) is 0. The van der Waals surface area contributed by atoms with Crippen LogP contribution in [0.3, 0.4) is 0 Å². The molecule has 2 rings (SSSR count). The minimum absolute atomic E-state index is 0.273. The van der Waals surface area contributed by atoms with Crippen molar-refractivity contribution in [1.82, 2.24) is 15.0 Å². The molecule has 0 spiro atoms. The summed E-state index contributed by atoms with van der Waals surface area (Å²) in [6.07, 6.45) is 1.30. The number of aromatic nitrogens is 3. The highest BCUT2D eigenvalue weighted by molar-refractivity contribution is 7.13. The molecule has 0 fully saturated rings. The molecular formula is C7H4Cl2N4S. The Morgan fingerprint density at radius 2 is 1.86 bits per heavy atom. The summed E-state index contributed by atoms with van der Waals surface area (Å²) < 4.78 is 0. The van der Waals surface area contributed by atoms with Gasteiger partial charge in [-0.15, -0.1) is 11.3 Å². The summed E-state index contributed by atoms with van der Waals surface area (Å²) in [7, 11) is 0. The number of nitrogen functional groups attached to an aromatic ring is 1. The van der Waals surface area contributed by atoms with Crippen molar-refractivity contribution in [3.8, 4) is 11.3 Å². The molecule has 7 heteroatoms. The Labute approximate surface area is 93.7 Å². The van der Waals surface area contributed by atoms with Gasteiger partial charge >= 0.3 is 0 Å². The Morgan fingerprint density at radius 1 is 1.21 bits per heavy atom. The first-order valence-corrected chi connectivity index (χ1v) is 5.19. The summed E-state index contributed by atoms with van der Waals surface area (Å²) in [5.74, 6) is 0. The molecule has 2 heterocycles. The molecule has 2 N–H and O–H groups in total. The second-order valence-corrected chi connectivity index (χ2v) is 4.01. The topological polar surface area (TPSA) is 64.7 Å². The molecule has 0 amide bonds. The Kier molecular flexibility index (Phi) is 2.54. The van der Waals surface area contributed by atoms with Gasteiger partial charge in [-0.05, 0) is 0 Å². The lowest BCUT2D eigenvalue weighted by atomic mass is 10.3. The second kappa shape index (κ2) is 3.68. The van der Waals surface area contributed by atoms with E-state index in [9.17, 15) is 0 Å². The fourth-order valence-electron chi connectivity index (χ4n) is 0.958. The summed E-state index contributed by atoms with van der Waals surface area (Å²) >= 11 is 13.0. The van der Waals surface area contributed by atoms with Crippen molar-refractivity contribution in [2.75, 3.05) is 5.73 Å². The number of thiazole rings is 1. The number of nitrogens with zero attached hydrogens (tertiary/aromatic N) is 3. The molecule has 0 aliphatic carbocycles. The third-order valence-corrected chi connectivity index (χ3v) is 2.78. The third kappa shape index (κ3) is 1.66. The number of halogens is 2. The molecule has 0 unspecified atom stereocenters. The van der Waals surface area contributed by atoms with E-state index in [2.05, 4.69) is 15.0 Å². The Bertz CT molecular complexity index is 450. The van der Waals surface area contributed by atoms with Crippen molar-refractivity contribution in [3.63, 3.8) is 0 Å². The molecule has 0 atom stereocenters. The highest BCUT2D eigenvalue weighted by Gasteiger charge is 2.13. The average molecular weight is 247 g/mol. The van der Waals surface area contributed by atoms with E-state index in [0.717, 1.165) is 0 Å². The van der Waals surface area contributed by atoms with Gasteiger partial charge in [0.15, 0.2) is 5.13 Å². The van der Waals surface area contributed by atoms with E-state index >= 15 is 0 Å². The lowest BCUT2D eigenvalue weighted by molar-refractivity contribution is 1.16. The van der Waals surface area contributed by atoms with E-state index in [0.29, 0.717) is 16.4 Å². The second-order valence-electron chi connectivity index (χ2n) is 2.40. The Morgan fingerprint density at radius 3 is 2.36 bits per heavy atom. The average Bonchev–Trinajstić information content (AvgIpc) is 2.51. The zero-order chi connectivity index (χ0) is 10.1. The predicted molar refractivity (Wildman–Crippen MR) is 57.6 cm³/mol. The first kappa shape index (κ1) is 9.64. The molecule has 14 heavy (non-hydrogen) atoms. The molecule has 0 saturated carbocycles. The maximum Gasteiger partial charge on any atom is 0.180 e. The number of rotatable bonds is 1. The van der Waals surface area contributed by atoms with Crippen molar-refractivity contribution < 1.29 is 0 Å². The molecular weight excluding hydrogens is 243 g/mol. The van der Waals surface area contributed by atoms with Crippen molar-refractivity contribution in [2.45, 2.75) is 0 Å². The zero-order valence-corrected chi connectivity index (χ0v) is 9.07. The van der Waals surface area contributed by atoms with Crippen LogP contribution in [-0.2, 0) is 0 Å². The van der Waals surface area contributed by atoms with Crippen LogP contribution in [0.25, 0.3) is 11.3 Å². The fraction of sp³-hybridized carbons (Fsp3) is 0. The van der Waals surface area contributed by atoms with Crippen molar-refractivity contribution in [1.29, 1.82) is 0 Å². The van der Waals surface area contributed by atoms with Crippen LogP contribution >= 0.6 is 34.5 Å². The van der Waals surface area contributed by atoms with E-state index in [-0.39, 0.29) is 10.3 Å². The largest absolute Gasteiger partial charge is 0.375 e. The molecule has 0 radical (unpaired) electrons. The summed E-state index contributed by atoms with van der Waals surface area (Å²) in [6.45, 7) is 0. The summed E-state index contributed by atoms with van der Waals surface area (Å²) in [5, 5.41) is 2.76. The molecule has 4 nitrogen and oxygen atoms in total. The Hall–Kier alpha value is -0.910. The number of nitrogens with two attached hydrogens (primary N) is 1. The maximum atomic E-state index is 5.86. The van der Waals surface area contributed by atoms with E-state index in [1.807, 2.05) is 0 Å². The van der Waals surface area contributed by atoms with E-state index < -0.39 is 0 Å². The molecule has 2 aromatic heterocycles. The smallest absolute Gasteiger partial charge is 0.180 e. The molecule has 2 aromatic rings. The van der Waals surface area contributed by atoms with Crippen molar-refractivity contribution in [2.24, 2.45) is 0 Å². The SMILES string of the molecule is Nc1nc(-c2c(Cl)ncnc2Cl)cs1. The molecule has 72 valence electrons. The first-order chi connectivity index (χ1) is 6.68. The predicted octanol–water partition coefficient (Wildman–Crippen LogP) is 2.49. The molecule has 0 bridgehead atoms. The first-order valence-electron chi connectivity index (χ1n) is 3.56.